The molecule has 1 aliphatic carbocycles. The van der Waals surface area contributed by atoms with E-state index in [2.05, 4.69) is 32.1 Å². The minimum atomic E-state index is -0.259. The maximum atomic E-state index is 12.9. The summed E-state index contributed by atoms with van der Waals surface area (Å²) in [4.78, 5) is 28.0. The summed E-state index contributed by atoms with van der Waals surface area (Å²) >= 11 is 0. The lowest BCUT2D eigenvalue weighted by Gasteiger charge is -2.26. The van der Waals surface area contributed by atoms with Gasteiger partial charge in [0, 0.05) is 12.6 Å². The van der Waals surface area contributed by atoms with Crippen molar-refractivity contribution in [3.8, 4) is 0 Å². The molecule has 0 bridgehead atoms. The number of anilines is 1. The molecule has 0 radical (unpaired) electrons. The summed E-state index contributed by atoms with van der Waals surface area (Å²) in [6, 6.07) is 0. The van der Waals surface area contributed by atoms with Gasteiger partial charge in [0.2, 0.25) is 11.6 Å². The van der Waals surface area contributed by atoms with Gasteiger partial charge in [0.25, 0.3) is 5.91 Å². The van der Waals surface area contributed by atoms with Gasteiger partial charge >= 0.3 is 0 Å². The van der Waals surface area contributed by atoms with Gasteiger partial charge in [-0.25, -0.2) is 15.0 Å². The molecule has 0 saturated heterocycles. The highest BCUT2D eigenvalue weighted by molar-refractivity contribution is 6.10. The number of hydrogen-bond donors (Lipinski definition) is 1. The Labute approximate surface area is 157 Å². The SMILES string of the molecule is Cc1nc(CNC(=O)c2c(C)oc3ncnc(N(C)C4(C)CC4)c23)oc1C. The number of aromatic nitrogens is 3. The first-order valence-corrected chi connectivity index (χ1v) is 8.99. The number of fused-ring (bicyclic) bond motifs is 1. The van der Waals surface area contributed by atoms with Crippen molar-refractivity contribution in [3.63, 3.8) is 0 Å². The molecule has 0 unspecified atom stereocenters. The van der Waals surface area contributed by atoms with E-state index in [4.69, 9.17) is 8.83 Å². The van der Waals surface area contributed by atoms with Crippen LogP contribution in [-0.4, -0.2) is 33.4 Å². The van der Waals surface area contributed by atoms with Crippen LogP contribution in [0.2, 0.25) is 0 Å². The normalized spacial score (nSPS) is 15.1. The molecular formula is C19H23N5O3. The van der Waals surface area contributed by atoms with Crippen LogP contribution in [0.5, 0.6) is 0 Å². The van der Waals surface area contributed by atoms with Crippen molar-refractivity contribution in [2.45, 2.75) is 52.6 Å². The van der Waals surface area contributed by atoms with Crippen LogP contribution in [0, 0.1) is 20.8 Å². The van der Waals surface area contributed by atoms with Gasteiger partial charge in [0.1, 0.15) is 23.7 Å². The fourth-order valence-electron chi connectivity index (χ4n) is 3.19. The molecule has 1 fully saturated rings. The first-order chi connectivity index (χ1) is 12.8. The third-order valence-electron chi connectivity index (χ3n) is 5.45. The van der Waals surface area contributed by atoms with Gasteiger partial charge in [-0.1, -0.05) is 0 Å². The molecule has 3 aromatic rings. The van der Waals surface area contributed by atoms with Crippen molar-refractivity contribution in [3.05, 3.63) is 35.0 Å². The molecule has 3 heterocycles. The molecule has 4 rings (SSSR count). The highest BCUT2D eigenvalue weighted by Gasteiger charge is 2.43. The predicted molar refractivity (Wildman–Crippen MR) is 99.7 cm³/mol. The molecule has 3 aromatic heterocycles. The van der Waals surface area contributed by atoms with E-state index in [-0.39, 0.29) is 18.0 Å². The van der Waals surface area contributed by atoms with Gasteiger partial charge < -0.3 is 19.1 Å². The van der Waals surface area contributed by atoms with Crippen LogP contribution in [0.15, 0.2) is 15.2 Å². The highest BCUT2D eigenvalue weighted by Crippen LogP contribution is 2.44. The van der Waals surface area contributed by atoms with Crippen LogP contribution in [0.25, 0.3) is 11.1 Å². The Hall–Kier alpha value is -2.90. The molecule has 8 nitrogen and oxygen atoms in total. The Morgan fingerprint density at radius 3 is 2.59 bits per heavy atom. The zero-order valence-corrected chi connectivity index (χ0v) is 16.2. The Morgan fingerprint density at radius 1 is 1.22 bits per heavy atom. The summed E-state index contributed by atoms with van der Waals surface area (Å²) in [5.41, 5.74) is 1.75. The number of carbonyl (C=O) groups excluding carboxylic acids is 1. The molecule has 1 aliphatic rings. The second kappa shape index (κ2) is 6.07. The Balaban J connectivity index is 1.68. The van der Waals surface area contributed by atoms with Crippen molar-refractivity contribution in [2.24, 2.45) is 0 Å². The number of aryl methyl sites for hydroxylation is 3. The van der Waals surface area contributed by atoms with Gasteiger partial charge in [-0.05, 0) is 40.5 Å². The molecule has 0 aliphatic heterocycles. The third-order valence-corrected chi connectivity index (χ3v) is 5.45. The molecule has 1 saturated carbocycles. The fraction of sp³-hybridized carbons (Fsp3) is 0.474. The quantitative estimate of drug-likeness (QED) is 0.738. The zero-order chi connectivity index (χ0) is 19.3. The van der Waals surface area contributed by atoms with Crippen molar-refractivity contribution in [1.82, 2.24) is 20.3 Å². The lowest BCUT2D eigenvalue weighted by molar-refractivity contribution is 0.0947. The summed E-state index contributed by atoms with van der Waals surface area (Å²) < 4.78 is 11.3. The average Bonchev–Trinajstić information content (AvgIpc) is 3.17. The van der Waals surface area contributed by atoms with Crippen molar-refractivity contribution in [1.29, 1.82) is 0 Å². The lowest BCUT2D eigenvalue weighted by atomic mass is 10.1. The maximum absolute atomic E-state index is 12.9. The van der Waals surface area contributed by atoms with E-state index >= 15 is 0 Å². The van der Waals surface area contributed by atoms with Crippen molar-refractivity contribution < 1.29 is 13.6 Å². The van der Waals surface area contributed by atoms with Crippen molar-refractivity contribution >= 4 is 22.8 Å². The Bertz CT molecular complexity index is 1010. The Kier molecular flexibility index (Phi) is 3.94. The van der Waals surface area contributed by atoms with Gasteiger partial charge in [-0.2, -0.15) is 0 Å². The smallest absolute Gasteiger partial charge is 0.256 e. The molecule has 27 heavy (non-hydrogen) atoms. The molecule has 0 atom stereocenters. The molecule has 1 amide bonds. The molecule has 1 N–H and O–H groups in total. The van der Waals surface area contributed by atoms with Crippen molar-refractivity contribution in [2.75, 3.05) is 11.9 Å². The summed E-state index contributed by atoms with van der Waals surface area (Å²) in [5, 5.41) is 3.51. The number of rotatable bonds is 5. The minimum Gasteiger partial charge on any atom is -0.444 e. The zero-order valence-electron chi connectivity index (χ0n) is 16.2. The lowest BCUT2D eigenvalue weighted by Crippen LogP contribution is -2.32. The molecule has 142 valence electrons. The van der Waals surface area contributed by atoms with Crippen LogP contribution in [0.1, 0.15) is 53.2 Å². The average molecular weight is 369 g/mol. The largest absolute Gasteiger partial charge is 0.444 e. The van der Waals surface area contributed by atoms with Crippen LogP contribution in [0.3, 0.4) is 0 Å². The summed E-state index contributed by atoms with van der Waals surface area (Å²) in [6.07, 6.45) is 3.66. The van der Waals surface area contributed by atoms with E-state index in [0.29, 0.717) is 34.1 Å². The standard InChI is InChI=1S/C19H23N5O3/c1-10-11(2)26-13(23-10)8-20-17(25)14-12(3)27-18-15(14)16(21-9-22-18)24(5)19(4)6-7-19/h9H,6-8H2,1-5H3,(H,20,25). The second-order valence-electron chi connectivity index (χ2n) is 7.40. The number of carbonyl (C=O) groups is 1. The topological polar surface area (TPSA) is 97.3 Å². The number of nitrogens with one attached hydrogen (secondary N) is 1. The second-order valence-corrected chi connectivity index (χ2v) is 7.40. The molecule has 0 aromatic carbocycles. The maximum Gasteiger partial charge on any atom is 0.256 e. The van der Waals surface area contributed by atoms with E-state index in [0.717, 1.165) is 24.3 Å². The van der Waals surface area contributed by atoms with Crippen LogP contribution >= 0.6 is 0 Å². The number of amides is 1. The van der Waals surface area contributed by atoms with Gasteiger partial charge in [0.05, 0.1) is 23.2 Å². The number of oxazole rings is 1. The van der Waals surface area contributed by atoms with E-state index < -0.39 is 0 Å². The third kappa shape index (κ3) is 2.94. The number of furan rings is 1. The van der Waals surface area contributed by atoms with E-state index in [1.807, 2.05) is 20.9 Å². The first-order valence-electron chi connectivity index (χ1n) is 8.99. The van der Waals surface area contributed by atoms with E-state index in [1.54, 1.807) is 6.92 Å². The summed E-state index contributed by atoms with van der Waals surface area (Å²) in [6.45, 7) is 7.87. The minimum absolute atomic E-state index is 0.0628. The number of nitrogens with zero attached hydrogens (tertiary/aromatic N) is 4. The van der Waals surface area contributed by atoms with E-state index in [9.17, 15) is 4.79 Å². The summed E-state index contributed by atoms with van der Waals surface area (Å²) in [5.74, 6) is 2.19. The van der Waals surface area contributed by atoms with Gasteiger partial charge in [-0.15, -0.1) is 0 Å². The Morgan fingerprint density at radius 2 is 1.96 bits per heavy atom. The highest BCUT2D eigenvalue weighted by atomic mass is 16.4. The van der Waals surface area contributed by atoms with Crippen LogP contribution in [-0.2, 0) is 6.54 Å². The molecule has 0 spiro atoms. The van der Waals surface area contributed by atoms with Crippen LogP contribution < -0.4 is 10.2 Å². The van der Waals surface area contributed by atoms with Crippen LogP contribution in [0.4, 0.5) is 5.82 Å². The monoisotopic (exact) mass is 369 g/mol. The fourth-order valence-corrected chi connectivity index (χ4v) is 3.19. The summed E-state index contributed by atoms with van der Waals surface area (Å²) in [7, 11) is 2.00. The molecular weight excluding hydrogens is 346 g/mol. The molecule has 8 heteroatoms. The number of hydrogen-bond acceptors (Lipinski definition) is 7. The first kappa shape index (κ1) is 17.5. The predicted octanol–water partition coefficient (Wildman–Crippen LogP) is 3.05. The van der Waals surface area contributed by atoms with Gasteiger partial charge in [-0.3, -0.25) is 4.79 Å². The van der Waals surface area contributed by atoms with Gasteiger partial charge in [0.15, 0.2) is 0 Å². The van der Waals surface area contributed by atoms with E-state index in [1.165, 1.54) is 6.33 Å².